The van der Waals surface area contributed by atoms with Crippen molar-refractivity contribution >= 4 is 0 Å². The third kappa shape index (κ3) is 4.16. The molecule has 0 spiro atoms. The molecule has 2 atom stereocenters. The maximum Gasteiger partial charge on any atom is 0.0606 e. The number of benzene rings is 1. The molecular weight excluding hydrogens is 282 g/mol. The second kappa shape index (κ2) is 7.81. The van der Waals surface area contributed by atoms with E-state index in [9.17, 15) is 0 Å². The molecule has 0 radical (unpaired) electrons. The lowest BCUT2D eigenvalue weighted by molar-refractivity contribution is -0.0489. The number of rotatable bonds is 5. The monoisotopic (exact) mass is 315 g/mol. The zero-order valence-electron chi connectivity index (χ0n) is 15.0. The van der Waals surface area contributed by atoms with Crippen LogP contribution in [0.15, 0.2) is 30.3 Å². The van der Waals surface area contributed by atoms with Gasteiger partial charge in [-0.2, -0.15) is 0 Å². The first-order valence-electron chi connectivity index (χ1n) is 9.59. The Bertz CT molecular complexity index is 466. The fourth-order valence-electron chi connectivity index (χ4n) is 4.36. The molecule has 0 amide bonds. The Morgan fingerprint density at radius 3 is 2.57 bits per heavy atom. The largest absolute Gasteiger partial charge is 0.378 e. The van der Waals surface area contributed by atoms with Crippen LogP contribution in [-0.2, 0) is 10.2 Å². The highest BCUT2D eigenvalue weighted by molar-refractivity contribution is 5.26. The molecule has 0 aliphatic carbocycles. The van der Waals surface area contributed by atoms with Crippen LogP contribution in [0.4, 0.5) is 0 Å². The van der Waals surface area contributed by atoms with Crippen LogP contribution < -0.4 is 0 Å². The highest BCUT2D eigenvalue weighted by atomic mass is 16.5. The van der Waals surface area contributed by atoms with Gasteiger partial charge in [-0.3, -0.25) is 0 Å². The van der Waals surface area contributed by atoms with Gasteiger partial charge in [0.15, 0.2) is 0 Å². The summed E-state index contributed by atoms with van der Waals surface area (Å²) in [5.74, 6) is 0.605. The third-order valence-corrected chi connectivity index (χ3v) is 5.99. The van der Waals surface area contributed by atoms with Crippen LogP contribution in [0.5, 0.6) is 0 Å². The van der Waals surface area contributed by atoms with E-state index >= 15 is 0 Å². The van der Waals surface area contributed by atoms with E-state index in [0.29, 0.717) is 17.4 Å². The van der Waals surface area contributed by atoms with Crippen molar-refractivity contribution in [1.82, 2.24) is 4.90 Å². The van der Waals surface area contributed by atoms with E-state index in [1.54, 1.807) is 0 Å². The van der Waals surface area contributed by atoms with Crippen LogP contribution in [-0.4, -0.2) is 37.2 Å². The van der Waals surface area contributed by atoms with E-state index in [0.717, 1.165) is 6.61 Å². The molecule has 1 aromatic carbocycles. The van der Waals surface area contributed by atoms with Crippen molar-refractivity contribution in [1.29, 1.82) is 0 Å². The molecule has 2 saturated heterocycles. The SMILES string of the molecule is CC(C)[C@H]1C[C@](CCN2CCCCC2)(c2ccccc2)CCO1. The predicted molar refractivity (Wildman–Crippen MR) is 96.8 cm³/mol. The van der Waals surface area contributed by atoms with Gasteiger partial charge in [-0.1, -0.05) is 50.6 Å². The van der Waals surface area contributed by atoms with Crippen LogP contribution >= 0.6 is 0 Å². The zero-order valence-corrected chi connectivity index (χ0v) is 15.0. The van der Waals surface area contributed by atoms with Crippen LogP contribution in [0.3, 0.4) is 0 Å². The Balaban J connectivity index is 1.75. The van der Waals surface area contributed by atoms with E-state index in [2.05, 4.69) is 49.1 Å². The molecule has 2 fully saturated rings. The summed E-state index contributed by atoms with van der Waals surface area (Å²) in [6.45, 7) is 9.37. The van der Waals surface area contributed by atoms with E-state index in [1.165, 1.54) is 63.7 Å². The van der Waals surface area contributed by atoms with Gasteiger partial charge in [0.1, 0.15) is 0 Å². The molecule has 0 aromatic heterocycles. The van der Waals surface area contributed by atoms with Gasteiger partial charge in [0.2, 0.25) is 0 Å². The lowest BCUT2D eigenvalue weighted by Gasteiger charge is -2.44. The van der Waals surface area contributed by atoms with Crippen molar-refractivity contribution in [2.24, 2.45) is 5.92 Å². The molecule has 2 nitrogen and oxygen atoms in total. The van der Waals surface area contributed by atoms with Gasteiger partial charge in [0.05, 0.1) is 6.10 Å². The van der Waals surface area contributed by atoms with Crippen LogP contribution in [0, 0.1) is 5.92 Å². The molecular formula is C21H33NO. The lowest BCUT2D eigenvalue weighted by atomic mass is 9.68. The Morgan fingerprint density at radius 2 is 1.87 bits per heavy atom. The highest BCUT2D eigenvalue weighted by Gasteiger charge is 2.39. The minimum absolute atomic E-state index is 0.311. The molecule has 128 valence electrons. The number of likely N-dealkylation sites (tertiary alicyclic amines) is 1. The fourth-order valence-corrected chi connectivity index (χ4v) is 4.36. The molecule has 3 rings (SSSR count). The maximum absolute atomic E-state index is 6.09. The van der Waals surface area contributed by atoms with Gasteiger partial charge in [-0.25, -0.2) is 0 Å². The van der Waals surface area contributed by atoms with Crippen LogP contribution in [0.25, 0.3) is 0 Å². The summed E-state index contributed by atoms with van der Waals surface area (Å²) in [5, 5.41) is 0. The lowest BCUT2D eigenvalue weighted by Crippen LogP contribution is -2.43. The molecule has 2 heteroatoms. The van der Waals surface area contributed by atoms with E-state index in [1.807, 2.05) is 0 Å². The standard InChI is InChI=1S/C21H33NO/c1-18(2)20-17-21(12-16-23-20,19-9-5-3-6-10-19)11-15-22-13-7-4-8-14-22/h3,5-6,9-10,18,20H,4,7-8,11-17H2,1-2H3/t20-,21-/m1/s1. The molecule has 2 aliphatic heterocycles. The van der Waals surface area contributed by atoms with Gasteiger partial charge in [0.25, 0.3) is 0 Å². The summed E-state index contributed by atoms with van der Waals surface area (Å²) in [7, 11) is 0. The normalized spacial score (nSPS) is 29.8. The molecule has 1 aromatic rings. The summed E-state index contributed by atoms with van der Waals surface area (Å²) in [6.07, 6.45) is 8.24. The van der Waals surface area contributed by atoms with Crippen molar-refractivity contribution < 1.29 is 4.74 Å². The summed E-state index contributed by atoms with van der Waals surface area (Å²) < 4.78 is 6.09. The molecule has 0 unspecified atom stereocenters. The molecule has 2 aliphatic rings. The Hall–Kier alpha value is -0.860. The first kappa shape index (κ1) is 17.0. The number of hydrogen-bond acceptors (Lipinski definition) is 2. The van der Waals surface area contributed by atoms with Crippen molar-refractivity contribution in [3.63, 3.8) is 0 Å². The van der Waals surface area contributed by atoms with Gasteiger partial charge in [-0.15, -0.1) is 0 Å². The molecule has 0 saturated carbocycles. The van der Waals surface area contributed by atoms with Gasteiger partial charge in [0, 0.05) is 12.0 Å². The minimum atomic E-state index is 0.311. The topological polar surface area (TPSA) is 12.5 Å². The van der Waals surface area contributed by atoms with Gasteiger partial charge in [-0.05, 0) is 63.2 Å². The van der Waals surface area contributed by atoms with Gasteiger partial charge >= 0.3 is 0 Å². The average Bonchev–Trinajstić information content (AvgIpc) is 2.62. The van der Waals surface area contributed by atoms with Crippen LogP contribution in [0.2, 0.25) is 0 Å². The third-order valence-electron chi connectivity index (χ3n) is 5.99. The van der Waals surface area contributed by atoms with E-state index in [-0.39, 0.29) is 0 Å². The van der Waals surface area contributed by atoms with Gasteiger partial charge < -0.3 is 9.64 Å². The van der Waals surface area contributed by atoms with Crippen molar-refractivity contribution in [3.05, 3.63) is 35.9 Å². The Kier molecular flexibility index (Phi) is 5.76. The number of hydrogen-bond donors (Lipinski definition) is 0. The van der Waals surface area contributed by atoms with Crippen molar-refractivity contribution in [3.8, 4) is 0 Å². The quantitative estimate of drug-likeness (QED) is 0.785. The maximum atomic E-state index is 6.09. The second-order valence-electron chi connectivity index (χ2n) is 7.91. The first-order chi connectivity index (χ1) is 11.2. The fraction of sp³-hybridized carbons (Fsp3) is 0.714. The Morgan fingerprint density at radius 1 is 1.13 bits per heavy atom. The molecule has 0 N–H and O–H groups in total. The van der Waals surface area contributed by atoms with Crippen molar-refractivity contribution in [2.75, 3.05) is 26.2 Å². The Labute approximate surface area is 142 Å². The highest BCUT2D eigenvalue weighted by Crippen LogP contribution is 2.42. The second-order valence-corrected chi connectivity index (χ2v) is 7.91. The van der Waals surface area contributed by atoms with E-state index in [4.69, 9.17) is 4.74 Å². The smallest absolute Gasteiger partial charge is 0.0606 e. The number of ether oxygens (including phenoxy) is 1. The number of piperidine rings is 1. The summed E-state index contributed by atoms with van der Waals surface area (Å²) in [6, 6.07) is 11.2. The van der Waals surface area contributed by atoms with Crippen molar-refractivity contribution in [2.45, 2.75) is 63.9 Å². The predicted octanol–water partition coefficient (Wildman–Crippen LogP) is 4.64. The number of nitrogens with zero attached hydrogens (tertiary/aromatic N) is 1. The van der Waals surface area contributed by atoms with E-state index < -0.39 is 0 Å². The minimum Gasteiger partial charge on any atom is -0.378 e. The zero-order chi connectivity index (χ0) is 16.1. The summed E-state index contributed by atoms with van der Waals surface area (Å²) >= 11 is 0. The average molecular weight is 316 g/mol. The molecule has 2 heterocycles. The summed E-state index contributed by atoms with van der Waals surface area (Å²) in [5.41, 5.74) is 1.84. The first-order valence-corrected chi connectivity index (χ1v) is 9.59. The molecule has 23 heavy (non-hydrogen) atoms. The molecule has 0 bridgehead atoms. The summed E-state index contributed by atoms with van der Waals surface area (Å²) in [4.78, 5) is 2.69. The van der Waals surface area contributed by atoms with Crippen LogP contribution in [0.1, 0.15) is 57.9 Å².